The number of benzene rings is 2. The monoisotopic (exact) mass is 434 g/mol. The van der Waals surface area contributed by atoms with Gasteiger partial charge in [-0.3, -0.25) is 4.79 Å². The van der Waals surface area contributed by atoms with Gasteiger partial charge >= 0.3 is 27.0 Å². The van der Waals surface area contributed by atoms with E-state index in [9.17, 15) is 4.79 Å². The topological polar surface area (TPSA) is 51.4 Å². The molecule has 1 atom stereocenters. The van der Waals surface area contributed by atoms with Crippen molar-refractivity contribution in [3.63, 3.8) is 0 Å². The van der Waals surface area contributed by atoms with Gasteiger partial charge < -0.3 is 17.8 Å². The first-order valence-electron chi connectivity index (χ1n) is 7.40. The largest absolute Gasteiger partial charge is 0.0622 e. The summed E-state index contributed by atoms with van der Waals surface area (Å²) in [6.07, 6.45) is 2.81. The van der Waals surface area contributed by atoms with E-state index < -0.39 is 12.0 Å². The third-order valence-electron chi connectivity index (χ3n) is 3.40. The molecule has 2 aromatic carbocycles. The molecule has 1 heterocycles. The number of carbonyl (C=O) groups is 1. The van der Waals surface area contributed by atoms with Crippen molar-refractivity contribution in [3.05, 3.63) is 73.4 Å². The zero-order valence-corrected chi connectivity index (χ0v) is 16.2. The first-order valence-corrected chi connectivity index (χ1v) is 9.64. The number of rotatable bonds is 2. The van der Waals surface area contributed by atoms with E-state index in [1.54, 1.807) is 0 Å². The van der Waals surface area contributed by atoms with Crippen molar-refractivity contribution in [2.45, 2.75) is 25.3 Å². The number of hydrogen-bond donors (Lipinski definition) is 1. The molecule has 0 aromatic heterocycles. The normalized spacial score (nSPS) is 15.5. The van der Waals surface area contributed by atoms with Gasteiger partial charge in [0.2, 0.25) is 0 Å². The van der Waals surface area contributed by atoms with Crippen LogP contribution in [0.4, 0.5) is 0 Å². The van der Waals surface area contributed by atoms with Crippen LogP contribution in [0.1, 0.15) is 19.3 Å². The van der Waals surface area contributed by atoms with Gasteiger partial charge in [0.05, 0.1) is 0 Å². The molecule has 0 aliphatic carbocycles. The van der Waals surface area contributed by atoms with Gasteiger partial charge in [-0.25, -0.2) is 0 Å². The number of carboxylic acid groups (broad SMARTS) is 1. The summed E-state index contributed by atoms with van der Waals surface area (Å²) >= 11 is 1.82. The molecular weight excluding hydrogens is 411 g/mol. The molecule has 0 radical (unpaired) electrons. The van der Waals surface area contributed by atoms with Crippen LogP contribution in [0.15, 0.2) is 60.7 Å². The molecule has 3 rings (SSSR count). The summed E-state index contributed by atoms with van der Waals surface area (Å²) in [5.41, 5.74) is 2.55. The van der Waals surface area contributed by atoms with Crippen molar-refractivity contribution in [3.8, 4) is 11.1 Å². The number of piperidine rings is 1. The van der Waals surface area contributed by atoms with E-state index in [2.05, 4.69) is 63.5 Å². The summed E-state index contributed by atoms with van der Waals surface area (Å²) in [6.45, 7) is 0.733. The zero-order valence-electron chi connectivity index (χ0n) is 13.7. The molecule has 0 bridgehead atoms. The van der Waals surface area contributed by atoms with E-state index >= 15 is 0 Å². The molecule has 0 amide bonds. The molecule has 1 saturated heterocycles. The van der Waals surface area contributed by atoms with Gasteiger partial charge in [0.15, 0.2) is 0 Å². The smallest absolute Gasteiger partial charge is 0.0184 e. The van der Waals surface area contributed by atoms with Gasteiger partial charge in [-0.15, -0.1) is 6.54 Å². The summed E-state index contributed by atoms with van der Waals surface area (Å²) in [7, 11) is 4.57. The van der Waals surface area contributed by atoms with E-state index in [0.717, 1.165) is 25.8 Å². The summed E-state index contributed by atoms with van der Waals surface area (Å²) in [6, 6.07) is 20.4. The fraction of sp³-hybridized carbons (Fsp3) is 0.263. The Morgan fingerprint density at radius 2 is 1.42 bits per heavy atom. The van der Waals surface area contributed by atoms with Gasteiger partial charge in [0.1, 0.15) is 0 Å². The van der Waals surface area contributed by atoms with Crippen LogP contribution >= 0.6 is 9.69 Å². The van der Waals surface area contributed by atoms with Crippen LogP contribution in [0.3, 0.4) is 0 Å². The Hall–Kier alpha value is -1.22. The second-order valence-corrected chi connectivity index (χ2v) is 4.99. The molecule has 0 spiro atoms. The number of hydrogen-bond acceptors (Lipinski definition) is 1. The van der Waals surface area contributed by atoms with Crippen LogP contribution in [-0.2, 0) is 22.1 Å². The Balaban J connectivity index is 0.000000398. The zero-order chi connectivity index (χ0) is 16.9. The van der Waals surface area contributed by atoms with Crippen LogP contribution in [0.25, 0.3) is 16.4 Å². The van der Waals surface area contributed by atoms with Gasteiger partial charge in [-0.05, 0) is 17.2 Å². The second-order valence-electron chi connectivity index (χ2n) is 4.99. The van der Waals surface area contributed by atoms with Gasteiger partial charge in [-0.2, -0.15) is 0 Å². The Kier molecular flexibility index (Phi) is 13.4. The molecule has 1 aliphatic heterocycles. The third-order valence-corrected chi connectivity index (χ3v) is 3.40. The quantitative estimate of drug-likeness (QED) is 0.503. The molecular formula is C19H23ClNO2Ru. The molecule has 24 heavy (non-hydrogen) atoms. The predicted octanol–water partition coefficient (Wildman–Crippen LogP) is 5.49. The van der Waals surface area contributed by atoms with Crippen molar-refractivity contribution < 1.29 is 27.2 Å². The fourth-order valence-electron chi connectivity index (χ4n) is 2.25. The van der Waals surface area contributed by atoms with Crippen LogP contribution in [0.5, 0.6) is 0 Å². The number of aliphatic carboxylic acids is 1. The first-order chi connectivity index (χ1) is 11.3. The van der Waals surface area contributed by atoms with Crippen molar-refractivity contribution in [1.82, 2.24) is 0 Å². The molecule has 2 aromatic rings. The molecule has 1 N–H and O–H groups in total. The third kappa shape index (κ3) is 8.58. The number of nitrogens with zero attached hydrogens (tertiary/aromatic N) is 1. The Bertz CT molecular complexity index is 508. The Morgan fingerprint density at radius 1 is 0.958 bits per heavy atom. The van der Waals surface area contributed by atoms with E-state index in [4.69, 9.17) is 5.11 Å². The van der Waals surface area contributed by atoms with Gasteiger partial charge in [0, 0.05) is 0 Å². The minimum absolute atomic E-state index is 0. The molecule has 1 unspecified atom stereocenters. The summed E-state index contributed by atoms with van der Waals surface area (Å²) in [5, 5.41) is 12.4. The number of halogens is 1. The first kappa shape index (κ1) is 22.8. The minimum atomic E-state index is -0.769. The van der Waals surface area contributed by atoms with Crippen LogP contribution < -0.4 is 0 Å². The van der Waals surface area contributed by atoms with Crippen molar-refractivity contribution >= 4 is 15.7 Å². The van der Waals surface area contributed by atoms with Crippen molar-refractivity contribution in [2.75, 3.05) is 6.54 Å². The summed E-state index contributed by atoms with van der Waals surface area (Å²) < 4.78 is 0. The maximum Gasteiger partial charge on any atom is -0.0184 e. The number of carboxylic acids is 1. The van der Waals surface area contributed by atoms with Crippen molar-refractivity contribution in [2.24, 2.45) is 0 Å². The maximum atomic E-state index is 10.3. The van der Waals surface area contributed by atoms with E-state index in [0.29, 0.717) is 0 Å². The van der Waals surface area contributed by atoms with E-state index in [-0.39, 0.29) is 7.43 Å². The second kappa shape index (κ2) is 14.2. The minimum Gasteiger partial charge on any atom is -0.0622 e. The average molecular weight is 434 g/mol. The maximum absolute atomic E-state index is 10.3. The molecule has 3 nitrogen and oxygen atoms in total. The van der Waals surface area contributed by atoms with Crippen LogP contribution in [0.2, 0.25) is 0 Å². The Labute approximate surface area is 159 Å². The SMILES string of the molecule is O=C(O)C1CCCC[N-]1.[CH3-].[Cl][Ru+2].c1ccc(-c2ccccc2)cc1. The van der Waals surface area contributed by atoms with E-state index in [1.807, 2.05) is 29.4 Å². The molecule has 1 fully saturated rings. The van der Waals surface area contributed by atoms with Crippen LogP contribution in [-0.4, -0.2) is 23.7 Å². The summed E-state index contributed by atoms with van der Waals surface area (Å²) in [4.78, 5) is 10.3. The molecule has 131 valence electrons. The molecule has 0 saturated carbocycles. The van der Waals surface area contributed by atoms with Gasteiger partial charge in [-0.1, -0.05) is 79.9 Å². The Morgan fingerprint density at radius 3 is 1.71 bits per heavy atom. The van der Waals surface area contributed by atoms with Gasteiger partial charge in [0.25, 0.3) is 5.97 Å². The standard InChI is InChI=1S/C12H10.C6H10NO2.CH3.ClH.Ru/c1-3-7-11(8-4-1)12-9-5-2-6-10-12;8-6(9)5-3-1-2-4-7-5;;;/h1-10H;5H,1-4H2,(H,8,9);1H3;1H;/q;2*-1;;+3/p-1. The van der Waals surface area contributed by atoms with E-state index in [1.165, 1.54) is 11.1 Å². The molecule has 5 heteroatoms. The van der Waals surface area contributed by atoms with Crippen molar-refractivity contribution in [1.29, 1.82) is 0 Å². The van der Waals surface area contributed by atoms with Crippen LogP contribution in [0, 0.1) is 7.43 Å². The molecule has 1 aliphatic rings. The predicted molar refractivity (Wildman–Crippen MR) is 97.6 cm³/mol. The fourth-order valence-corrected chi connectivity index (χ4v) is 2.25. The average Bonchev–Trinajstić information content (AvgIpc) is 2.66. The summed E-state index contributed by atoms with van der Waals surface area (Å²) in [5.74, 6) is -0.769.